The quantitative estimate of drug-likeness (QED) is 0.377. The maximum atomic E-state index is 13.2. The van der Waals surface area contributed by atoms with Crippen molar-refractivity contribution in [3.63, 3.8) is 0 Å². The Kier molecular flexibility index (Phi) is 8.21. The number of rotatable bonds is 7. The molecule has 2 N–H and O–H groups in total. The molecule has 10 heteroatoms. The average Bonchev–Trinajstić information content (AvgIpc) is 3.38. The Bertz CT molecular complexity index is 1350. The zero-order chi connectivity index (χ0) is 28.4. The van der Waals surface area contributed by atoms with E-state index >= 15 is 0 Å². The summed E-state index contributed by atoms with van der Waals surface area (Å²) in [6, 6.07) is 8.47. The molecule has 3 aliphatic rings. The fourth-order valence-electron chi connectivity index (χ4n) is 7.07. The van der Waals surface area contributed by atoms with Crippen LogP contribution in [0.15, 0.2) is 36.5 Å². The third-order valence-corrected chi connectivity index (χ3v) is 9.49. The van der Waals surface area contributed by atoms with E-state index in [-0.39, 0.29) is 23.2 Å². The maximum Gasteiger partial charge on any atom is 0.387 e. The Morgan fingerprint density at radius 2 is 1.88 bits per heavy atom. The van der Waals surface area contributed by atoms with E-state index in [1.807, 2.05) is 10.9 Å². The standard InChI is InChI=1S/C31H40F2N6O2/c1-21-3-2-4-25(35-21)29(40)36-27-17-23-20-39(37-26(23)18-28(27)41-30(32)33)24-7-15-38(16-8-24)19-22-5-9-31(10-6-22)11-13-34-14-12-31/h2-4,17-18,20,22,24,30,34H,5-16,19H2,1H3,(H,36,40). The molecule has 3 aromatic rings. The Labute approximate surface area is 239 Å². The molecule has 1 aliphatic carbocycles. The van der Waals surface area contributed by atoms with Crippen molar-refractivity contribution in [1.82, 2.24) is 25.0 Å². The predicted molar refractivity (Wildman–Crippen MR) is 154 cm³/mol. The van der Waals surface area contributed by atoms with E-state index in [0.717, 1.165) is 37.2 Å². The van der Waals surface area contributed by atoms with Crippen molar-refractivity contribution in [2.75, 3.05) is 38.0 Å². The second-order valence-electron chi connectivity index (χ2n) is 12.2. The molecule has 0 bridgehead atoms. The number of piperidine rings is 2. The number of alkyl halides is 2. The van der Waals surface area contributed by atoms with Crippen LogP contribution in [0.1, 0.15) is 73.6 Å². The number of likely N-dealkylation sites (tertiary alicyclic amines) is 1. The van der Waals surface area contributed by atoms with Gasteiger partial charge in [0.15, 0.2) is 5.75 Å². The zero-order valence-corrected chi connectivity index (χ0v) is 23.7. The number of carbonyl (C=O) groups excluding carboxylic acids is 1. The summed E-state index contributed by atoms with van der Waals surface area (Å²) < 4.78 is 33.2. The van der Waals surface area contributed by atoms with Gasteiger partial charge in [-0.2, -0.15) is 13.9 Å². The summed E-state index contributed by atoms with van der Waals surface area (Å²) in [5.41, 5.74) is 2.23. The van der Waals surface area contributed by atoms with Gasteiger partial charge in [0, 0.05) is 43.0 Å². The van der Waals surface area contributed by atoms with Crippen molar-refractivity contribution in [1.29, 1.82) is 0 Å². The highest BCUT2D eigenvalue weighted by Crippen LogP contribution is 2.45. The lowest BCUT2D eigenvalue weighted by atomic mass is 9.65. The number of nitrogens with one attached hydrogen (secondary N) is 2. The van der Waals surface area contributed by atoms with Crippen LogP contribution in [0, 0.1) is 18.3 Å². The summed E-state index contributed by atoms with van der Waals surface area (Å²) >= 11 is 0. The molecule has 1 amide bonds. The van der Waals surface area contributed by atoms with Gasteiger partial charge in [-0.05, 0) is 101 Å². The van der Waals surface area contributed by atoms with Gasteiger partial charge in [0.25, 0.3) is 5.91 Å². The molecule has 2 aliphatic heterocycles. The normalized spacial score (nSPS) is 20.6. The minimum atomic E-state index is -3.03. The Morgan fingerprint density at radius 3 is 2.59 bits per heavy atom. The Morgan fingerprint density at radius 1 is 1.12 bits per heavy atom. The van der Waals surface area contributed by atoms with Gasteiger partial charge >= 0.3 is 6.61 Å². The molecular weight excluding hydrogens is 526 g/mol. The van der Waals surface area contributed by atoms with Crippen molar-refractivity contribution in [3.05, 3.63) is 47.9 Å². The molecule has 41 heavy (non-hydrogen) atoms. The number of hydrogen-bond donors (Lipinski definition) is 2. The highest BCUT2D eigenvalue weighted by Gasteiger charge is 2.36. The second kappa shape index (κ2) is 12.0. The van der Waals surface area contributed by atoms with Crippen LogP contribution >= 0.6 is 0 Å². The van der Waals surface area contributed by atoms with Crippen LogP contribution in [0.4, 0.5) is 14.5 Å². The number of aromatic nitrogens is 3. The van der Waals surface area contributed by atoms with Crippen molar-refractivity contribution in [2.45, 2.75) is 70.9 Å². The lowest BCUT2D eigenvalue weighted by Gasteiger charge is -2.44. The van der Waals surface area contributed by atoms with Gasteiger partial charge in [-0.15, -0.1) is 0 Å². The van der Waals surface area contributed by atoms with Crippen LogP contribution < -0.4 is 15.4 Å². The number of anilines is 1. The van der Waals surface area contributed by atoms with Gasteiger partial charge < -0.3 is 20.3 Å². The highest BCUT2D eigenvalue weighted by atomic mass is 19.3. The first-order chi connectivity index (χ1) is 19.9. The number of fused-ring (bicyclic) bond motifs is 1. The zero-order valence-electron chi connectivity index (χ0n) is 23.7. The van der Waals surface area contributed by atoms with Crippen molar-refractivity contribution >= 4 is 22.5 Å². The third kappa shape index (κ3) is 6.54. The number of carbonyl (C=O) groups is 1. The molecule has 8 nitrogen and oxygen atoms in total. The van der Waals surface area contributed by atoms with Gasteiger partial charge in [-0.25, -0.2) is 4.98 Å². The number of halogens is 2. The molecule has 1 spiro atoms. The molecule has 0 unspecified atom stereocenters. The smallest absolute Gasteiger partial charge is 0.387 e. The van der Waals surface area contributed by atoms with Crippen molar-refractivity contribution in [3.8, 4) is 5.75 Å². The summed E-state index contributed by atoms with van der Waals surface area (Å²) in [6.45, 7) is 4.39. The first-order valence-electron chi connectivity index (χ1n) is 15.0. The molecule has 4 heterocycles. The number of ether oxygens (including phenoxy) is 1. The lowest BCUT2D eigenvalue weighted by Crippen LogP contribution is -2.42. The first kappa shape index (κ1) is 28.0. The van der Waals surface area contributed by atoms with Crippen molar-refractivity contribution in [2.24, 2.45) is 11.3 Å². The van der Waals surface area contributed by atoms with E-state index in [1.165, 1.54) is 64.2 Å². The summed E-state index contributed by atoms with van der Waals surface area (Å²) in [7, 11) is 0. The molecule has 0 radical (unpaired) electrons. The topological polar surface area (TPSA) is 84.3 Å². The number of amides is 1. The van der Waals surface area contributed by atoms with Crippen molar-refractivity contribution < 1.29 is 18.3 Å². The molecule has 2 aromatic heterocycles. The number of benzene rings is 1. The molecule has 1 saturated carbocycles. The first-order valence-corrected chi connectivity index (χ1v) is 15.0. The van der Waals surface area contributed by atoms with Gasteiger partial charge in [-0.1, -0.05) is 6.07 Å². The molecule has 3 fully saturated rings. The van der Waals surface area contributed by atoms with E-state index in [2.05, 4.69) is 20.5 Å². The van der Waals surface area contributed by atoms with Gasteiger partial charge in [0.1, 0.15) is 5.69 Å². The minimum absolute atomic E-state index is 0.118. The van der Waals surface area contributed by atoms with Gasteiger partial charge in [0.05, 0.1) is 17.2 Å². The van der Waals surface area contributed by atoms with Gasteiger partial charge in [-0.3, -0.25) is 9.48 Å². The fraction of sp³-hybridized carbons (Fsp3) is 0.581. The van der Waals surface area contributed by atoms with Crippen LogP contribution in [0.3, 0.4) is 0 Å². The summed E-state index contributed by atoms with van der Waals surface area (Å²) in [5, 5.41) is 11.7. The van der Waals surface area contributed by atoms with Crippen LogP contribution in [0.5, 0.6) is 5.75 Å². The minimum Gasteiger partial charge on any atom is -0.433 e. The third-order valence-electron chi connectivity index (χ3n) is 9.49. The van der Waals surface area contributed by atoms with Crippen LogP contribution in [0.2, 0.25) is 0 Å². The molecule has 6 rings (SSSR count). The molecular formula is C31H40F2N6O2. The van der Waals surface area contributed by atoms with E-state index in [9.17, 15) is 13.6 Å². The maximum absolute atomic E-state index is 13.2. The molecule has 220 valence electrons. The predicted octanol–water partition coefficient (Wildman–Crippen LogP) is 5.79. The largest absolute Gasteiger partial charge is 0.433 e. The summed E-state index contributed by atoms with van der Waals surface area (Å²) in [6.07, 6.45) is 12.1. The van der Waals surface area contributed by atoms with E-state index < -0.39 is 12.5 Å². The van der Waals surface area contributed by atoms with Crippen LogP contribution in [-0.2, 0) is 0 Å². The fourth-order valence-corrected chi connectivity index (χ4v) is 7.07. The lowest BCUT2D eigenvalue weighted by molar-refractivity contribution is -0.0493. The van der Waals surface area contributed by atoms with E-state index in [1.54, 1.807) is 31.2 Å². The SMILES string of the molecule is Cc1cccc(C(=O)Nc2cc3cn(C4CCN(CC5CCC6(CCNCC6)CC5)CC4)nc3cc2OC(F)F)n1. The summed E-state index contributed by atoms with van der Waals surface area (Å²) in [5.74, 6) is 0.194. The Hall–Kier alpha value is -3.11. The average molecular weight is 567 g/mol. The monoisotopic (exact) mass is 566 g/mol. The number of hydrogen-bond acceptors (Lipinski definition) is 6. The molecule has 0 atom stereocenters. The van der Waals surface area contributed by atoms with Crippen LogP contribution in [-0.4, -0.2) is 64.9 Å². The van der Waals surface area contributed by atoms with Crippen LogP contribution in [0.25, 0.3) is 10.9 Å². The number of pyridine rings is 1. The van der Waals surface area contributed by atoms with E-state index in [4.69, 9.17) is 9.84 Å². The number of nitrogens with zero attached hydrogens (tertiary/aromatic N) is 4. The van der Waals surface area contributed by atoms with E-state index in [0.29, 0.717) is 16.6 Å². The second-order valence-corrected chi connectivity index (χ2v) is 12.2. The molecule has 1 aromatic carbocycles. The number of aryl methyl sites for hydroxylation is 1. The highest BCUT2D eigenvalue weighted by molar-refractivity contribution is 6.05. The van der Waals surface area contributed by atoms with Gasteiger partial charge in [0.2, 0.25) is 0 Å². The molecule has 2 saturated heterocycles. The Balaban J connectivity index is 1.09. The summed E-state index contributed by atoms with van der Waals surface area (Å²) in [4.78, 5) is 19.6.